The lowest BCUT2D eigenvalue weighted by molar-refractivity contribution is -0.119. The number of benzene rings is 1. The van der Waals surface area contributed by atoms with Crippen LogP contribution in [-0.2, 0) is 16.1 Å². The molecule has 0 unspecified atom stereocenters. The largest absolute Gasteiger partial charge is 0.493 e. The number of methoxy groups -OCH3 is 1. The highest BCUT2D eigenvalue weighted by molar-refractivity contribution is 7.17. The van der Waals surface area contributed by atoms with Gasteiger partial charge in [-0.2, -0.15) is 0 Å². The molecule has 2 aromatic heterocycles. The van der Waals surface area contributed by atoms with Crippen molar-refractivity contribution in [2.24, 2.45) is 0 Å². The van der Waals surface area contributed by atoms with Crippen molar-refractivity contribution in [1.82, 2.24) is 10.3 Å². The first-order chi connectivity index (χ1) is 15.5. The van der Waals surface area contributed by atoms with Gasteiger partial charge in [0.25, 0.3) is 0 Å². The summed E-state index contributed by atoms with van der Waals surface area (Å²) in [7, 11) is 1.56. The third kappa shape index (κ3) is 5.27. The maximum Gasteiger partial charge on any atom is 0.250 e. The van der Waals surface area contributed by atoms with Crippen molar-refractivity contribution in [1.29, 1.82) is 0 Å². The Bertz CT molecular complexity index is 1150. The van der Waals surface area contributed by atoms with Crippen LogP contribution in [0.4, 0.5) is 5.13 Å². The third-order valence-electron chi connectivity index (χ3n) is 4.44. The summed E-state index contributed by atoms with van der Waals surface area (Å²) in [6, 6.07) is 7.50. The van der Waals surface area contributed by atoms with Crippen molar-refractivity contribution in [2.45, 2.75) is 13.5 Å². The molecule has 3 aromatic rings. The summed E-state index contributed by atoms with van der Waals surface area (Å²) >= 11 is 2.90. The van der Waals surface area contributed by atoms with Gasteiger partial charge in [0.1, 0.15) is 13.2 Å². The maximum absolute atomic E-state index is 12.4. The van der Waals surface area contributed by atoms with Crippen LogP contribution in [0.1, 0.15) is 17.4 Å². The maximum atomic E-state index is 12.4. The van der Waals surface area contributed by atoms with Crippen molar-refractivity contribution in [3.8, 4) is 27.8 Å². The number of nitrogens with one attached hydrogen (secondary N) is 2. The molecule has 166 valence electrons. The van der Waals surface area contributed by atoms with Crippen LogP contribution < -0.4 is 24.8 Å². The molecule has 1 aromatic carbocycles. The van der Waals surface area contributed by atoms with Crippen LogP contribution in [0.3, 0.4) is 0 Å². The number of aromatic nitrogens is 1. The van der Waals surface area contributed by atoms with E-state index in [-0.39, 0.29) is 11.8 Å². The Kier molecular flexibility index (Phi) is 6.72. The van der Waals surface area contributed by atoms with E-state index in [1.165, 1.54) is 24.3 Å². The minimum Gasteiger partial charge on any atom is -0.493 e. The van der Waals surface area contributed by atoms with Gasteiger partial charge in [0, 0.05) is 23.3 Å². The van der Waals surface area contributed by atoms with Gasteiger partial charge in [-0.05, 0) is 35.9 Å². The van der Waals surface area contributed by atoms with Gasteiger partial charge in [0.2, 0.25) is 17.6 Å². The van der Waals surface area contributed by atoms with Crippen molar-refractivity contribution in [3.63, 3.8) is 0 Å². The number of thiazole rings is 1. The van der Waals surface area contributed by atoms with Crippen LogP contribution in [0.5, 0.6) is 17.2 Å². The molecule has 0 spiro atoms. The summed E-state index contributed by atoms with van der Waals surface area (Å²) in [4.78, 5) is 29.9. The quantitative estimate of drug-likeness (QED) is 0.507. The number of fused-ring (bicyclic) bond motifs is 1. The average Bonchev–Trinajstić information content (AvgIpc) is 3.45. The van der Waals surface area contributed by atoms with Crippen LogP contribution in [0, 0.1) is 0 Å². The Morgan fingerprint density at radius 2 is 2.09 bits per heavy atom. The van der Waals surface area contributed by atoms with Crippen LogP contribution in [-0.4, -0.2) is 37.1 Å². The molecule has 0 bridgehead atoms. The second kappa shape index (κ2) is 9.84. The first-order valence-electron chi connectivity index (χ1n) is 9.77. The molecule has 0 radical (unpaired) electrons. The Morgan fingerprint density at radius 1 is 1.25 bits per heavy atom. The Labute approximate surface area is 192 Å². The van der Waals surface area contributed by atoms with Crippen LogP contribution >= 0.6 is 22.7 Å². The molecule has 1 aliphatic rings. The molecule has 0 saturated heterocycles. The summed E-state index contributed by atoms with van der Waals surface area (Å²) < 4.78 is 16.6. The number of thiophene rings is 1. The predicted octanol–water partition coefficient (Wildman–Crippen LogP) is 3.94. The Balaban J connectivity index is 1.39. The van der Waals surface area contributed by atoms with E-state index >= 15 is 0 Å². The molecule has 2 amide bonds. The topological polar surface area (TPSA) is 98.8 Å². The molecule has 3 heterocycles. The van der Waals surface area contributed by atoms with Crippen LogP contribution in [0.25, 0.3) is 16.6 Å². The molecule has 1 aliphatic heterocycles. The number of carbonyl (C=O) groups excluding carboxylic acids is 2. The lowest BCUT2D eigenvalue weighted by Gasteiger charge is -2.20. The van der Waals surface area contributed by atoms with Gasteiger partial charge >= 0.3 is 0 Å². The monoisotopic (exact) mass is 471 g/mol. The van der Waals surface area contributed by atoms with Crippen LogP contribution in [0.2, 0.25) is 0 Å². The molecule has 10 heteroatoms. The van der Waals surface area contributed by atoms with Gasteiger partial charge in [-0.25, -0.2) is 4.98 Å². The number of rotatable bonds is 7. The smallest absolute Gasteiger partial charge is 0.250 e. The molecule has 8 nitrogen and oxygen atoms in total. The van der Waals surface area contributed by atoms with E-state index in [1.807, 2.05) is 17.5 Å². The van der Waals surface area contributed by atoms with E-state index in [0.29, 0.717) is 42.1 Å². The molecule has 0 saturated carbocycles. The summed E-state index contributed by atoms with van der Waals surface area (Å²) in [5.74, 6) is 1.36. The number of amides is 2. The van der Waals surface area contributed by atoms with Gasteiger partial charge in [0.05, 0.1) is 24.2 Å². The average molecular weight is 472 g/mol. The highest BCUT2D eigenvalue weighted by Crippen LogP contribution is 2.40. The summed E-state index contributed by atoms with van der Waals surface area (Å²) in [6.45, 7) is 2.92. The number of anilines is 1. The lowest BCUT2D eigenvalue weighted by Crippen LogP contribution is -2.17. The number of carbonyl (C=O) groups is 2. The Morgan fingerprint density at radius 3 is 2.91 bits per heavy atom. The Hall–Kier alpha value is -3.37. The standard InChI is InChI=1S/C22H21N3O5S2/c1-13(26)23-11-15-4-5-19(32-15)16-12-31-22(24-16)25-20(27)6-3-14-9-17(28-2)21-18(10-14)29-7-8-30-21/h3-6,9-10,12H,7-8,11H2,1-2H3,(H,23,26)(H,24,25,27)/b6-3+. The summed E-state index contributed by atoms with van der Waals surface area (Å²) in [5.41, 5.74) is 1.54. The van der Waals surface area contributed by atoms with E-state index in [2.05, 4.69) is 15.6 Å². The van der Waals surface area contributed by atoms with Gasteiger partial charge in [-0.1, -0.05) is 0 Å². The highest BCUT2D eigenvalue weighted by atomic mass is 32.1. The van der Waals surface area contributed by atoms with Crippen molar-refractivity contribution in [2.75, 3.05) is 25.6 Å². The fraction of sp³-hybridized carbons (Fsp3) is 0.227. The second-order valence-electron chi connectivity index (χ2n) is 6.78. The minimum atomic E-state index is -0.294. The normalized spacial score (nSPS) is 12.6. The van der Waals surface area contributed by atoms with Gasteiger partial charge in [-0.3, -0.25) is 14.9 Å². The number of nitrogens with zero attached hydrogens (tertiary/aromatic N) is 1. The fourth-order valence-corrected chi connectivity index (χ4v) is 4.67. The number of ether oxygens (including phenoxy) is 3. The molecule has 0 atom stereocenters. The van der Waals surface area contributed by atoms with Crippen molar-refractivity contribution >= 4 is 45.7 Å². The van der Waals surface area contributed by atoms with E-state index in [9.17, 15) is 9.59 Å². The molecular weight excluding hydrogens is 450 g/mol. The zero-order chi connectivity index (χ0) is 22.5. The van der Waals surface area contributed by atoms with Crippen LogP contribution in [0.15, 0.2) is 35.7 Å². The molecule has 0 fully saturated rings. The van der Waals surface area contributed by atoms with Gasteiger partial charge in [0.15, 0.2) is 16.6 Å². The molecule has 2 N–H and O–H groups in total. The number of hydrogen-bond acceptors (Lipinski definition) is 8. The summed E-state index contributed by atoms with van der Waals surface area (Å²) in [5, 5.41) is 7.95. The van der Waals surface area contributed by atoms with Gasteiger partial charge in [-0.15, -0.1) is 22.7 Å². The highest BCUT2D eigenvalue weighted by Gasteiger charge is 2.18. The van der Waals surface area contributed by atoms with Gasteiger partial charge < -0.3 is 19.5 Å². The second-order valence-corrected chi connectivity index (χ2v) is 8.81. The SMILES string of the molecule is COc1cc(/C=C/C(=O)Nc2nc(-c3ccc(CNC(C)=O)s3)cs2)cc2c1OCCO2. The van der Waals surface area contributed by atoms with Crippen molar-refractivity contribution in [3.05, 3.63) is 46.2 Å². The molecule has 0 aliphatic carbocycles. The first kappa shape index (κ1) is 21.8. The molecule has 4 rings (SSSR count). The zero-order valence-corrected chi connectivity index (χ0v) is 19.1. The minimum absolute atomic E-state index is 0.0682. The van der Waals surface area contributed by atoms with Crippen molar-refractivity contribution < 1.29 is 23.8 Å². The molecule has 32 heavy (non-hydrogen) atoms. The fourth-order valence-electron chi connectivity index (χ4n) is 2.98. The lowest BCUT2D eigenvalue weighted by atomic mass is 10.1. The van der Waals surface area contributed by atoms with E-state index < -0.39 is 0 Å². The van der Waals surface area contributed by atoms with E-state index in [1.54, 1.807) is 36.7 Å². The summed E-state index contributed by atoms with van der Waals surface area (Å²) in [6.07, 6.45) is 3.11. The number of hydrogen-bond donors (Lipinski definition) is 2. The predicted molar refractivity (Wildman–Crippen MR) is 125 cm³/mol. The first-order valence-corrected chi connectivity index (χ1v) is 11.5. The third-order valence-corrected chi connectivity index (χ3v) is 6.30. The zero-order valence-electron chi connectivity index (χ0n) is 17.5. The van der Waals surface area contributed by atoms with E-state index in [4.69, 9.17) is 14.2 Å². The molecular formula is C22H21N3O5S2. The van der Waals surface area contributed by atoms with E-state index in [0.717, 1.165) is 21.0 Å².